The highest BCUT2D eigenvalue weighted by Gasteiger charge is 2.12. The molecule has 1 aromatic heterocycles. The van der Waals surface area contributed by atoms with E-state index in [0.717, 1.165) is 54.2 Å². The van der Waals surface area contributed by atoms with Crippen molar-refractivity contribution in [1.29, 1.82) is 0 Å². The summed E-state index contributed by atoms with van der Waals surface area (Å²) in [5, 5.41) is 6.66. The van der Waals surface area contributed by atoms with Gasteiger partial charge in [-0.25, -0.2) is 9.97 Å². The Kier molecular flexibility index (Phi) is 5.55. The Labute approximate surface area is 148 Å². The Morgan fingerprint density at radius 2 is 1.80 bits per heavy atom. The van der Waals surface area contributed by atoms with Crippen molar-refractivity contribution in [1.82, 2.24) is 14.9 Å². The first-order valence-corrected chi connectivity index (χ1v) is 8.51. The summed E-state index contributed by atoms with van der Waals surface area (Å²) in [6.45, 7) is 4.97. The fraction of sp³-hybridized carbons (Fsp3) is 0.444. The lowest BCUT2D eigenvalue weighted by Crippen LogP contribution is -2.17. The summed E-state index contributed by atoms with van der Waals surface area (Å²) < 4.78 is 11.2. The van der Waals surface area contributed by atoms with E-state index in [4.69, 9.17) is 9.47 Å². The van der Waals surface area contributed by atoms with Gasteiger partial charge in [0.25, 0.3) is 0 Å². The molecule has 0 fully saturated rings. The van der Waals surface area contributed by atoms with Crippen LogP contribution in [0.3, 0.4) is 0 Å². The van der Waals surface area contributed by atoms with Gasteiger partial charge in [-0.3, -0.25) is 0 Å². The van der Waals surface area contributed by atoms with Gasteiger partial charge in [0, 0.05) is 24.4 Å². The lowest BCUT2D eigenvalue weighted by Gasteiger charge is -2.19. The smallest absolute Gasteiger partial charge is 0.163 e. The molecule has 2 aromatic rings. The Bertz CT molecular complexity index is 721. The second-order valence-corrected chi connectivity index (χ2v) is 6.25. The molecule has 0 bridgehead atoms. The maximum absolute atomic E-state index is 5.62. The predicted molar refractivity (Wildman–Crippen MR) is 99.1 cm³/mol. The predicted octanol–water partition coefficient (Wildman–Crippen LogP) is 2.66. The number of aromatic nitrogens is 2. The number of benzene rings is 1. The fourth-order valence-corrected chi connectivity index (χ4v) is 2.60. The van der Waals surface area contributed by atoms with Gasteiger partial charge in [-0.2, -0.15) is 0 Å². The molecule has 0 aliphatic carbocycles. The Hall–Kier alpha value is -2.54. The van der Waals surface area contributed by atoms with Crippen molar-refractivity contribution in [2.24, 2.45) is 0 Å². The van der Waals surface area contributed by atoms with Gasteiger partial charge in [-0.05, 0) is 46.1 Å². The maximum atomic E-state index is 5.62. The van der Waals surface area contributed by atoms with E-state index >= 15 is 0 Å². The quantitative estimate of drug-likeness (QED) is 0.749. The van der Waals surface area contributed by atoms with Gasteiger partial charge in [-0.1, -0.05) is 0 Å². The average molecular weight is 343 g/mol. The molecule has 2 heterocycles. The number of fused-ring (bicyclic) bond motifs is 1. The van der Waals surface area contributed by atoms with Crippen molar-refractivity contribution in [3.8, 4) is 11.5 Å². The average Bonchev–Trinajstić information content (AvgIpc) is 2.58. The van der Waals surface area contributed by atoms with Gasteiger partial charge in [-0.15, -0.1) is 0 Å². The molecule has 1 aromatic carbocycles. The van der Waals surface area contributed by atoms with Crippen LogP contribution < -0.4 is 20.1 Å². The van der Waals surface area contributed by atoms with Crippen LogP contribution in [0.25, 0.3) is 0 Å². The van der Waals surface area contributed by atoms with Crippen LogP contribution in [0.15, 0.2) is 24.3 Å². The molecule has 2 N–H and O–H groups in total. The molecule has 25 heavy (non-hydrogen) atoms. The summed E-state index contributed by atoms with van der Waals surface area (Å²) in [7, 11) is 4.15. The van der Waals surface area contributed by atoms with Crippen molar-refractivity contribution in [2.45, 2.75) is 13.3 Å². The molecule has 134 valence electrons. The standard InChI is InChI=1S/C18H25N5O2/c1-13-20-17(19-7-4-8-23(2)3)12-18(21-13)22-14-5-6-15-16(11-14)25-10-9-24-15/h5-6,11-12H,4,7-10H2,1-3H3,(H2,19,20,21,22). The zero-order chi connectivity index (χ0) is 17.6. The van der Waals surface area contributed by atoms with E-state index in [1.807, 2.05) is 31.2 Å². The van der Waals surface area contributed by atoms with Gasteiger partial charge in [0.05, 0.1) is 0 Å². The fourth-order valence-electron chi connectivity index (χ4n) is 2.60. The minimum absolute atomic E-state index is 0.573. The van der Waals surface area contributed by atoms with Gasteiger partial charge in [0.2, 0.25) is 0 Å². The number of hydrogen-bond acceptors (Lipinski definition) is 7. The minimum atomic E-state index is 0.573. The van der Waals surface area contributed by atoms with E-state index in [9.17, 15) is 0 Å². The monoisotopic (exact) mass is 343 g/mol. The molecule has 0 unspecified atom stereocenters. The van der Waals surface area contributed by atoms with Gasteiger partial charge in [0.15, 0.2) is 11.5 Å². The Balaban J connectivity index is 1.66. The molecule has 1 aliphatic heterocycles. The van der Waals surface area contributed by atoms with Crippen LogP contribution in [0.5, 0.6) is 11.5 Å². The van der Waals surface area contributed by atoms with Crippen LogP contribution in [0.2, 0.25) is 0 Å². The van der Waals surface area contributed by atoms with Crippen molar-refractivity contribution in [3.05, 3.63) is 30.1 Å². The topological polar surface area (TPSA) is 71.5 Å². The maximum Gasteiger partial charge on any atom is 0.163 e. The first-order chi connectivity index (χ1) is 12.1. The number of ether oxygens (including phenoxy) is 2. The van der Waals surface area contributed by atoms with Gasteiger partial charge >= 0.3 is 0 Å². The van der Waals surface area contributed by atoms with Gasteiger partial charge < -0.3 is 25.0 Å². The molecule has 0 saturated heterocycles. The molecular formula is C18H25N5O2. The number of rotatable bonds is 7. The van der Waals surface area contributed by atoms with E-state index in [1.165, 1.54) is 0 Å². The van der Waals surface area contributed by atoms with Crippen molar-refractivity contribution in [2.75, 3.05) is 51.0 Å². The summed E-state index contributed by atoms with van der Waals surface area (Å²) in [5.41, 5.74) is 0.904. The second kappa shape index (κ2) is 8.02. The number of anilines is 3. The van der Waals surface area contributed by atoms with E-state index in [-0.39, 0.29) is 0 Å². The Morgan fingerprint density at radius 1 is 1.04 bits per heavy atom. The zero-order valence-corrected chi connectivity index (χ0v) is 15.0. The van der Waals surface area contributed by atoms with E-state index in [0.29, 0.717) is 13.2 Å². The molecule has 1 aliphatic rings. The molecule has 0 saturated carbocycles. The largest absolute Gasteiger partial charge is 0.486 e. The van der Waals surface area contributed by atoms with Crippen molar-refractivity contribution < 1.29 is 9.47 Å². The van der Waals surface area contributed by atoms with Crippen LogP contribution in [-0.2, 0) is 0 Å². The molecule has 0 spiro atoms. The number of aryl methyl sites for hydroxylation is 1. The third kappa shape index (κ3) is 4.96. The first kappa shape index (κ1) is 17.3. The first-order valence-electron chi connectivity index (χ1n) is 8.51. The summed E-state index contributed by atoms with van der Waals surface area (Å²) in [5.74, 6) is 3.83. The van der Waals surface area contributed by atoms with Crippen LogP contribution in [0.4, 0.5) is 17.3 Å². The zero-order valence-electron chi connectivity index (χ0n) is 15.0. The molecule has 3 rings (SSSR count). The van der Waals surface area contributed by atoms with E-state index in [2.05, 4.69) is 39.6 Å². The summed E-state index contributed by atoms with van der Waals surface area (Å²) in [6, 6.07) is 7.70. The van der Waals surface area contributed by atoms with Crippen molar-refractivity contribution in [3.63, 3.8) is 0 Å². The molecule has 0 atom stereocenters. The van der Waals surface area contributed by atoms with E-state index < -0.39 is 0 Å². The summed E-state index contributed by atoms with van der Waals surface area (Å²) in [4.78, 5) is 11.1. The van der Waals surface area contributed by atoms with Gasteiger partial charge in [0.1, 0.15) is 30.7 Å². The number of nitrogens with one attached hydrogen (secondary N) is 2. The van der Waals surface area contributed by atoms with Crippen LogP contribution >= 0.6 is 0 Å². The highest BCUT2D eigenvalue weighted by Crippen LogP contribution is 2.33. The molecular weight excluding hydrogens is 318 g/mol. The van der Waals surface area contributed by atoms with Crippen LogP contribution in [0, 0.1) is 6.92 Å². The van der Waals surface area contributed by atoms with E-state index in [1.54, 1.807) is 0 Å². The number of hydrogen-bond donors (Lipinski definition) is 2. The van der Waals surface area contributed by atoms with Crippen molar-refractivity contribution >= 4 is 17.3 Å². The highest BCUT2D eigenvalue weighted by atomic mass is 16.6. The molecule has 0 amide bonds. The minimum Gasteiger partial charge on any atom is -0.486 e. The third-order valence-electron chi connectivity index (χ3n) is 3.74. The summed E-state index contributed by atoms with van der Waals surface area (Å²) in [6.07, 6.45) is 1.06. The molecule has 7 nitrogen and oxygen atoms in total. The lowest BCUT2D eigenvalue weighted by molar-refractivity contribution is 0.171. The lowest BCUT2D eigenvalue weighted by atomic mass is 10.2. The second-order valence-electron chi connectivity index (χ2n) is 6.25. The number of nitrogens with zero attached hydrogens (tertiary/aromatic N) is 3. The molecule has 7 heteroatoms. The third-order valence-corrected chi connectivity index (χ3v) is 3.74. The van der Waals surface area contributed by atoms with Crippen LogP contribution in [-0.4, -0.2) is 55.3 Å². The normalized spacial score (nSPS) is 13.0. The SMILES string of the molecule is Cc1nc(NCCCN(C)C)cc(Nc2ccc3c(c2)OCCO3)n1. The molecule has 0 radical (unpaired) electrons. The summed E-state index contributed by atoms with van der Waals surface area (Å²) >= 11 is 0. The van der Waals surface area contributed by atoms with Crippen LogP contribution in [0.1, 0.15) is 12.2 Å². The highest BCUT2D eigenvalue weighted by molar-refractivity contribution is 5.63. The Morgan fingerprint density at radius 3 is 2.60 bits per heavy atom.